The Morgan fingerprint density at radius 2 is 2.00 bits per heavy atom. The van der Waals surface area contributed by atoms with Gasteiger partial charge < -0.3 is 10.1 Å². The number of amides is 1. The van der Waals surface area contributed by atoms with Crippen molar-refractivity contribution in [3.05, 3.63) is 45.7 Å². The van der Waals surface area contributed by atoms with Crippen LogP contribution in [0, 0.1) is 6.92 Å². The predicted molar refractivity (Wildman–Crippen MR) is 81.4 cm³/mol. The van der Waals surface area contributed by atoms with Crippen LogP contribution in [0.1, 0.15) is 26.5 Å². The number of anilines is 1. The fourth-order valence-corrected chi connectivity index (χ4v) is 2.29. The van der Waals surface area contributed by atoms with Gasteiger partial charge >= 0.3 is 5.97 Å². The lowest BCUT2D eigenvalue weighted by molar-refractivity contribution is 0.0594. The van der Waals surface area contributed by atoms with Gasteiger partial charge in [-0.15, -0.1) is 0 Å². The number of carbonyl (C=O) groups excluding carboxylic acids is 2. The summed E-state index contributed by atoms with van der Waals surface area (Å²) in [5.74, 6) is -0.926. The van der Waals surface area contributed by atoms with Crippen LogP contribution in [0.5, 0.6) is 0 Å². The molecule has 6 nitrogen and oxygen atoms in total. The summed E-state index contributed by atoms with van der Waals surface area (Å²) in [6.45, 7) is 1.76. The summed E-state index contributed by atoms with van der Waals surface area (Å²) < 4.78 is 6.87. The van der Waals surface area contributed by atoms with Crippen molar-refractivity contribution in [3.8, 4) is 0 Å². The number of nitrogens with zero attached hydrogens (tertiary/aromatic N) is 2. The van der Waals surface area contributed by atoms with Gasteiger partial charge in [-0.1, -0.05) is 12.1 Å². The molecule has 110 valence electrons. The van der Waals surface area contributed by atoms with E-state index in [9.17, 15) is 9.59 Å². The van der Waals surface area contributed by atoms with Crippen molar-refractivity contribution in [1.29, 1.82) is 0 Å². The Kier molecular flexibility index (Phi) is 4.42. The quantitative estimate of drug-likeness (QED) is 0.862. The van der Waals surface area contributed by atoms with Crippen molar-refractivity contribution in [2.24, 2.45) is 7.05 Å². The molecular formula is C14H14BrN3O3. The zero-order valence-electron chi connectivity index (χ0n) is 11.8. The number of hydrogen-bond acceptors (Lipinski definition) is 4. The molecule has 0 bridgehead atoms. The third kappa shape index (κ3) is 2.97. The predicted octanol–water partition coefficient (Wildman–Crippen LogP) is 2.53. The van der Waals surface area contributed by atoms with Gasteiger partial charge in [0.1, 0.15) is 0 Å². The molecule has 2 rings (SSSR count). The van der Waals surface area contributed by atoms with Gasteiger partial charge in [0, 0.05) is 11.5 Å². The molecule has 1 aromatic heterocycles. The summed E-state index contributed by atoms with van der Waals surface area (Å²) in [5.41, 5.74) is 1.57. The molecule has 0 atom stereocenters. The number of aromatic nitrogens is 2. The van der Waals surface area contributed by atoms with Crippen LogP contribution in [0.15, 0.2) is 28.7 Å². The summed E-state index contributed by atoms with van der Waals surface area (Å²) in [5, 5.41) is 6.78. The average molecular weight is 352 g/mol. The number of carbonyl (C=O) groups is 2. The number of esters is 1. The minimum absolute atomic E-state index is 0.0814. The van der Waals surface area contributed by atoms with E-state index >= 15 is 0 Å². The maximum Gasteiger partial charge on any atom is 0.360 e. The van der Waals surface area contributed by atoms with Gasteiger partial charge in [0.05, 0.1) is 24.1 Å². The standard InChI is InChI=1S/C14H14BrN3O3/c1-8-11(12(14(20)21-3)17-18(8)2)16-13(19)9-6-4-5-7-10(9)15/h4-7H,1-3H3,(H,16,19). The molecule has 1 N–H and O–H groups in total. The molecule has 0 aliphatic rings. The normalized spacial score (nSPS) is 10.3. The van der Waals surface area contributed by atoms with Crippen molar-refractivity contribution in [1.82, 2.24) is 9.78 Å². The van der Waals surface area contributed by atoms with Gasteiger partial charge in [0.2, 0.25) is 0 Å². The molecule has 1 aromatic carbocycles. The monoisotopic (exact) mass is 351 g/mol. The molecule has 0 aliphatic carbocycles. The van der Waals surface area contributed by atoms with Crippen LogP contribution < -0.4 is 5.32 Å². The molecular weight excluding hydrogens is 338 g/mol. The lowest BCUT2D eigenvalue weighted by atomic mass is 10.2. The summed E-state index contributed by atoms with van der Waals surface area (Å²) in [4.78, 5) is 24.1. The molecule has 0 fully saturated rings. The highest BCUT2D eigenvalue weighted by atomic mass is 79.9. The van der Waals surface area contributed by atoms with E-state index in [2.05, 4.69) is 31.1 Å². The Balaban J connectivity index is 2.38. The Labute approximate surface area is 130 Å². The molecule has 0 spiro atoms. The number of hydrogen-bond donors (Lipinski definition) is 1. The maximum absolute atomic E-state index is 12.3. The molecule has 2 aromatic rings. The van der Waals surface area contributed by atoms with E-state index in [1.54, 1.807) is 32.2 Å². The highest BCUT2D eigenvalue weighted by Gasteiger charge is 2.22. The van der Waals surface area contributed by atoms with E-state index in [0.29, 0.717) is 21.4 Å². The number of methoxy groups -OCH3 is 1. The lowest BCUT2D eigenvalue weighted by Gasteiger charge is -2.07. The maximum atomic E-state index is 12.3. The van der Waals surface area contributed by atoms with Crippen LogP contribution in [0.25, 0.3) is 0 Å². The highest BCUT2D eigenvalue weighted by Crippen LogP contribution is 2.23. The zero-order valence-corrected chi connectivity index (χ0v) is 13.4. The molecule has 1 amide bonds. The molecule has 7 heteroatoms. The SMILES string of the molecule is COC(=O)c1nn(C)c(C)c1NC(=O)c1ccccc1Br. The van der Waals surface area contributed by atoms with E-state index < -0.39 is 5.97 Å². The topological polar surface area (TPSA) is 73.2 Å². The van der Waals surface area contributed by atoms with Crippen molar-refractivity contribution >= 4 is 33.5 Å². The number of nitrogens with one attached hydrogen (secondary N) is 1. The first-order valence-corrected chi connectivity index (χ1v) is 6.92. The Hall–Kier alpha value is -2.15. The van der Waals surface area contributed by atoms with Gasteiger partial charge in [-0.2, -0.15) is 5.10 Å². The smallest absolute Gasteiger partial charge is 0.360 e. The fraction of sp³-hybridized carbons (Fsp3) is 0.214. The van der Waals surface area contributed by atoms with Gasteiger partial charge in [-0.3, -0.25) is 9.48 Å². The Morgan fingerprint density at radius 3 is 2.62 bits per heavy atom. The zero-order chi connectivity index (χ0) is 15.6. The Morgan fingerprint density at radius 1 is 1.33 bits per heavy atom. The van der Waals surface area contributed by atoms with E-state index in [-0.39, 0.29) is 11.6 Å². The van der Waals surface area contributed by atoms with Crippen molar-refractivity contribution < 1.29 is 14.3 Å². The average Bonchev–Trinajstić information content (AvgIpc) is 2.75. The molecule has 21 heavy (non-hydrogen) atoms. The van der Waals surface area contributed by atoms with Crippen LogP contribution >= 0.6 is 15.9 Å². The third-order valence-electron chi connectivity index (χ3n) is 3.07. The number of halogens is 1. The van der Waals surface area contributed by atoms with Crippen LogP contribution in [0.4, 0.5) is 5.69 Å². The van der Waals surface area contributed by atoms with Crippen LogP contribution in [-0.4, -0.2) is 28.8 Å². The molecule has 0 saturated carbocycles. The molecule has 0 unspecified atom stereocenters. The number of benzene rings is 1. The largest absolute Gasteiger partial charge is 0.464 e. The number of aryl methyl sites for hydroxylation is 1. The van der Waals surface area contributed by atoms with Crippen LogP contribution in [-0.2, 0) is 11.8 Å². The van der Waals surface area contributed by atoms with Crippen LogP contribution in [0.2, 0.25) is 0 Å². The van der Waals surface area contributed by atoms with Crippen molar-refractivity contribution in [2.45, 2.75) is 6.92 Å². The molecule has 1 heterocycles. The summed E-state index contributed by atoms with van der Waals surface area (Å²) in [7, 11) is 2.96. The summed E-state index contributed by atoms with van der Waals surface area (Å²) >= 11 is 3.32. The van der Waals surface area contributed by atoms with E-state index in [4.69, 9.17) is 0 Å². The molecule has 0 radical (unpaired) electrons. The van der Waals surface area contributed by atoms with Gasteiger partial charge in [0.25, 0.3) is 5.91 Å². The van der Waals surface area contributed by atoms with Crippen LogP contribution in [0.3, 0.4) is 0 Å². The second-order valence-electron chi connectivity index (χ2n) is 4.36. The van der Waals surface area contributed by atoms with Crippen molar-refractivity contribution in [2.75, 3.05) is 12.4 Å². The van der Waals surface area contributed by atoms with E-state index in [1.165, 1.54) is 11.8 Å². The second kappa shape index (κ2) is 6.09. The molecule has 0 saturated heterocycles. The second-order valence-corrected chi connectivity index (χ2v) is 5.21. The van der Waals surface area contributed by atoms with E-state index in [1.807, 2.05) is 6.07 Å². The lowest BCUT2D eigenvalue weighted by Crippen LogP contribution is -2.15. The summed E-state index contributed by atoms with van der Waals surface area (Å²) in [6, 6.07) is 7.03. The first kappa shape index (κ1) is 15.2. The highest BCUT2D eigenvalue weighted by molar-refractivity contribution is 9.10. The van der Waals surface area contributed by atoms with Gasteiger partial charge in [-0.25, -0.2) is 4.79 Å². The van der Waals surface area contributed by atoms with Crippen molar-refractivity contribution in [3.63, 3.8) is 0 Å². The minimum atomic E-state index is -0.596. The van der Waals surface area contributed by atoms with Gasteiger partial charge in [0.15, 0.2) is 5.69 Å². The minimum Gasteiger partial charge on any atom is -0.464 e. The first-order chi connectivity index (χ1) is 9.95. The summed E-state index contributed by atoms with van der Waals surface area (Å²) in [6.07, 6.45) is 0. The number of rotatable bonds is 3. The fourth-order valence-electron chi connectivity index (χ4n) is 1.82. The number of ether oxygens (including phenoxy) is 1. The van der Waals surface area contributed by atoms with E-state index in [0.717, 1.165) is 0 Å². The Bertz CT molecular complexity index is 709. The van der Waals surface area contributed by atoms with Gasteiger partial charge in [-0.05, 0) is 35.0 Å². The molecule has 0 aliphatic heterocycles. The third-order valence-corrected chi connectivity index (χ3v) is 3.76. The first-order valence-electron chi connectivity index (χ1n) is 6.13.